The first-order valence-electron chi connectivity index (χ1n) is 7.42. The highest BCUT2D eigenvalue weighted by Gasteiger charge is 2.30. The van der Waals surface area contributed by atoms with Crippen molar-refractivity contribution in [3.8, 4) is 0 Å². The smallest absolute Gasteiger partial charge is 0.205 e. The first kappa shape index (κ1) is 14.5. The van der Waals surface area contributed by atoms with Crippen LogP contribution in [0.25, 0.3) is 0 Å². The zero-order valence-corrected chi connectivity index (χ0v) is 13.5. The largest absolute Gasteiger partial charge is 0.374 e. The molecule has 0 radical (unpaired) electrons. The van der Waals surface area contributed by atoms with Gasteiger partial charge in [-0.15, -0.1) is 0 Å². The number of aromatic nitrogens is 2. The van der Waals surface area contributed by atoms with Gasteiger partial charge in [0, 0.05) is 24.0 Å². The van der Waals surface area contributed by atoms with Gasteiger partial charge in [0.05, 0.1) is 18.8 Å². The normalized spacial score (nSPS) is 22.8. The molecular weight excluding hydrogens is 282 g/mol. The quantitative estimate of drug-likeness (QED) is 0.868. The van der Waals surface area contributed by atoms with Crippen molar-refractivity contribution in [1.29, 1.82) is 0 Å². The molecule has 1 aromatic heterocycles. The lowest BCUT2D eigenvalue weighted by molar-refractivity contribution is 0.0303. The van der Waals surface area contributed by atoms with E-state index in [4.69, 9.17) is 9.72 Å². The molecule has 1 saturated heterocycles. The Morgan fingerprint density at radius 1 is 1.29 bits per heavy atom. The fourth-order valence-corrected chi connectivity index (χ4v) is 3.41. The zero-order chi connectivity index (χ0) is 14.8. The molecule has 1 aromatic carbocycles. The number of hydrogen-bond donors (Lipinski definition) is 0. The molecule has 21 heavy (non-hydrogen) atoms. The predicted octanol–water partition coefficient (Wildman–Crippen LogP) is 3.63. The van der Waals surface area contributed by atoms with Crippen molar-refractivity contribution in [3.05, 3.63) is 41.7 Å². The number of benzene rings is 1. The zero-order valence-electron chi connectivity index (χ0n) is 12.7. The van der Waals surface area contributed by atoms with Crippen LogP contribution >= 0.6 is 11.5 Å². The maximum absolute atomic E-state index is 5.87. The molecule has 5 heteroatoms. The summed E-state index contributed by atoms with van der Waals surface area (Å²) >= 11 is 1.49. The van der Waals surface area contributed by atoms with Crippen LogP contribution in [0.4, 0.5) is 5.13 Å². The van der Waals surface area contributed by atoms with Gasteiger partial charge < -0.3 is 9.64 Å². The van der Waals surface area contributed by atoms with Gasteiger partial charge in [0.2, 0.25) is 5.13 Å². The Kier molecular flexibility index (Phi) is 4.22. The third-order valence-electron chi connectivity index (χ3n) is 3.75. The van der Waals surface area contributed by atoms with E-state index in [1.54, 1.807) is 0 Å². The minimum Gasteiger partial charge on any atom is -0.374 e. The Balaban J connectivity index is 1.91. The van der Waals surface area contributed by atoms with Crippen LogP contribution in [0.5, 0.6) is 0 Å². The van der Waals surface area contributed by atoms with Gasteiger partial charge in [0.1, 0.15) is 5.82 Å². The molecule has 2 unspecified atom stereocenters. The summed E-state index contributed by atoms with van der Waals surface area (Å²) in [6, 6.07) is 10.7. The van der Waals surface area contributed by atoms with Gasteiger partial charge >= 0.3 is 0 Å². The van der Waals surface area contributed by atoms with E-state index >= 15 is 0 Å². The van der Waals surface area contributed by atoms with E-state index in [0.29, 0.717) is 12.5 Å². The van der Waals surface area contributed by atoms with Crippen LogP contribution in [0.1, 0.15) is 44.1 Å². The topological polar surface area (TPSA) is 38.2 Å². The maximum Gasteiger partial charge on any atom is 0.205 e. The average Bonchev–Trinajstić information content (AvgIpc) is 2.98. The molecule has 0 spiro atoms. The highest BCUT2D eigenvalue weighted by atomic mass is 32.1. The number of nitrogens with zero attached hydrogens (tertiary/aromatic N) is 3. The van der Waals surface area contributed by atoms with Gasteiger partial charge in [-0.25, -0.2) is 4.98 Å². The molecule has 0 amide bonds. The van der Waals surface area contributed by atoms with Crippen molar-refractivity contribution >= 4 is 16.7 Å². The molecular formula is C16H21N3OS. The van der Waals surface area contributed by atoms with E-state index in [-0.39, 0.29) is 12.1 Å². The Hall–Kier alpha value is -1.46. The second kappa shape index (κ2) is 6.12. The van der Waals surface area contributed by atoms with Gasteiger partial charge in [0.15, 0.2) is 0 Å². The molecule has 2 atom stereocenters. The van der Waals surface area contributed by atoms with E-state index in [9.17, 15) is 0 Å². The molecule has 4 nitrogen and oxygen atoms in total. The first-order valence-corrected chi connectivity index (χ1v) is 8.19. The predicted molar refractivity (Wildman–Crippen MR) is 85.9 cm³/mol. The molecule has 3 rings (SSSR count). The van der Waals surface area contributed by atoms with Crippen LogP contribution in [-0.4, -0.2) is 28.6 Å². The highest BCUT2D eigenvalue weighted by Crippen LogP contribution is 2.33. The summed E-state index contributed by atoms with van der Waals surface area (Å²) in [7, 11) is 0. The molecule has 112 valence electrons. The molecule has 1 aliphatic rings. The van der Waals surface area contributed by atoms with Crippen LogP contribution in [0, 0.1) is 0 Å². The van der Waals surface area contributed by atoms with E-state index in [2.05, 4.69) is 54.3 Å². The van der Waals surface area contributed by atoms with Gasteiger partial charge in [0.25, 0.3) is 0 Å². The molecule has 0 N–H and O–H groups in total. The van der Waals surface area contributed by atoms with Crippen molar-refractivity contribution in [1.82, 2.24) is 9.36 Å². The Labute approximate surface area is 129 Å². The number of morpholine rings is 1. The Bertz CT molecular complexity index is 584. The summed E-state index contributed by atoms with van der Waals surface area (Å²) in [6.07, 6.45) is 0.219. The lowest BCUT2D eigenvalue weighted by atomic mass is 10.0. The number of anilines is 1. The van der Waals surface area contributed by atoms with Gasteiger partial charge in [-0.1, -0.05) is 44.2 Å². The summed E-state index contributed by atoms with van der Waals surface area (Å²) in [5.41, 5.74) is 1.27. The van der Waals surface area contributed by atoms with Gasteiger partial charge in [-0.2, -0.15) is 4.37 Å². The Morgan fingerprint density at radius 3 is 2.71 bits per heavy atom. The van der Waals surface area contributed by atoms with E-state index in [1.165, 1.54) is 17.1 Å². The standard InChI is InChI=1S/C16H21N3OS/c1-11(2)15-17-16(21-18-15)19-9-12(3)20-10-14(19)13-7-5-4-6-8-13/h4-8,11-12,14H,9-10H2,1-3H3. The highest BCUT2D eigenvalue weighted by molar-refractivity contribution is 7.09. The molecule has 0 bridgehead atoms. The summed E-state index contributed by atoms with van der Waals surface area (Å²) < 4.78 is 10.4. The van der Waals surface area contributed by atoms with Gasteiger partial charge in [-0.3, -0.25) is 0 Å². The van der Waals surface area contributed by atoms with E-state index in [0.717, 1.165) is 17.5 Å². The minimum atomic E-state index is 0.218. The molecule has 2 heterocycles. The second-order valence-corrected chi connectivity index (χ2v) is 6.54. The summed E-state index contributed by atoms with van der Waals surface area (Å²) in [4.78, 5) is 7.06. The SMILES string of the molecule is CC1CN(c2nc(C(C)C)ns2)C(c2ccccc2)CO1. The van der Waals surface area contributed by atoms with Crippen LogP contribution < -0.4 is 4.90 Å². The minimum absolute atomic E-state index is 0.218. The third-order valence-corrected chi connectivity index (χ3v) is 4.51. The monoisotopic (exact) mass is 303 g/mol. The first-order chi connectivity index (χ1) is 10.1. The molecule has 1 aliphatic heterocycles. The molecule has 1 fully saturated rings. The van der Waals surface area contributed by atoms with Gasteiger partial charge in [-0.05, 0) is 12.5 Å². The fraction of sp³-hybridized carbons (Fsp3) is 0.500. The third kappa shape index (κ3) is 3.09. The molecule has 0 aliphatic carbocycles. The lowest BCUT2D eigenvalue weighted by Gasteiger charge is -2.38. The number of ether oxygens (including phenoxy) is 1. The fourth-order valence-electron chi connectivity index (χ4n) is 2.54. The van der Waals surface area contributed by atoms with E-state index < -0.39 is 0 Å². The van der Waals surface area contributed by atoms with Crippen LogP contribution in [-0.2, 0) is 4.74 Å². The molecule has 0 saturated carbocycles. The lowest BCUT2D eigenvalue weighted by Crippen LogP contribution is -2.43. The average molecular weight is 303 g/mol. The van der Waals surface area contributed by atoms with Crippen molar-refractivity contribution in [2.75, 3.05) is 18.1 Å². The Morgan fingerprint density at radius 2 is 2.05 bits per heavy atom. The molecule has 2 aromatic rings. The number of hydrogen-bond acceptors (Lipinski definition) is 5. The van der Waals surface area contributed by atoms with Crippen LogP contribution in [0.3, 0.4) is 0 Å². The summed E-state index contributed by atoms with van der Waals surface area (Å²) in [5.74, 6) is 1.30. The summed E-state index contributed by atoms with van der Waals surface area (Å²) in [6.45, 7) is 7.91. The second-order valence-electron chi connectivity index (χ2n) is 5.81. The summed E-state index contributed by atoms with van der Waals surface area (Å²) in [5, 5.41) is 1.00. The number of rotatable bonds is 3. The van der Waals surface area contributed by atoms with Crippen LogP contribution in [0.15, 0.2) is 30.3 Å². The van der Waals surface area contributed by atoms with Crippen molar-refractivity contribution < 1.29 is 4.74 Å². The van der Waals surface area contributed by atoms with Crippen molar-refractivity contribution in [3.63, 3.8) is 0 Å². The van der Waals surface area contributed by atoms with Crippen molar-refractivity contribution in [2.45, 2.75) is 38.8 Å². The van der Waals surface area contributed by atoms with E-state index in [1.807, 2.05) is 6.07 Å². The maximum atomic E-state index is 5.87. The van der Waals surface area contributed by atoms with Crippen LogP contribution in [0.2, 0.25) is 0 Å². The van der Waals surface area contributed by atoms with Crippen molar-refractivity contribution in [2.24, 2.45) is 0 Å².